The van der Waals surface area contributed by atoms with Crippen molar-refractivity contribution in [3.8, 4) is 11.5 Å². The van der Waals surface area contributed by atoms with E-state index in [0.717, 1.165) is 33.8 Å². The summed E-state index contributed by atoms with van der Waals surface area (Å²) in [6, 6.07) is 14.6. The Morgan fingerprint density at radius 3 is 2.70 bits per heavy atom. The molecule has 1 aliphatic heterocycles. The van der Waals surface area contributed by atoms with Crippen LogP contribution in [0.25, 0.3) is 11.0 Å². The number of rotatable bonds is 5. The van der Waals surface area contributed by atoms with E-state index in [1.54, 1.807) is 19.2 Å². The second-order valence-electron chi connectivity index (χ2n) is 7.15. The Hall–Kier alpha value is -2.93. The van der Waals surface area contributed by atoms with Gasteiger partial charge in [-0.25, -0.2) is 4.79 Å². The van der Waals surface area contributed by atoms with Crippen molar-refractivity contribution >= 4 is 28.6 Å². The fourth-order valence-corrected chi connectivity index (χ4v) is 4.72. The molecule has 1 fully saturated rings. The number of benzene rings is 2. The molecule has 7 heteroatoms. The Morgan fingerprint density at radius 1 is 1.17 bits per heavy atom. The van der Waals surface area contributed by atoms with E-state index in [2.05, 4.69) is 0 Å². The summed E-state index contributed by atoms with van der Waals surface area (Å²) in [5.41, 5.74) is 1.98. The number of aryl methyl sites for hydroxylation is 1. The predicted molar refractivity (Wildman–Crippen MR) is 117 cm³/mol. The van der Waals surface area contributed by atoms with E-state index in [-0.39, 0.29) is 18.6 Å². The molecule has 6 nitrogen and oxygen atoms in total. The fourth-order valence-electron chi connectivity index (χ4n) is 3.63. The zero-order valence-corrected chi connectivity index (χ0v) is 17.7. The van der Waals surface area contributed by atoms with Gasteiger partial charge in [0.25, 0.3) is 5.91 Å². The van der Waals surface area contributed by atoms with Crippen molar-refractivity contribution in [2.45, 2.75) is 13.0 Å². The van der Waals surface area contributed by atoms with E-state index in [9.17, 15) is 9.59 Å². The van der Waals surface area contributed by atoms with E-state index in [4.69, 9.17) is 13.9 Å². The molecule has 0 N–H and O–H groups in total. The molecule has 0 spiro atoms. The minimum absolute atomic E-state index is 0.00281. The molecule has 1 amide bonds. The molecule has 156 valence electrons. The first-order chi connectivity index (χ1) is 14.5. The molecule has 0 radical (unpaired) electrons. The van der Waals surface area contributed by atoms with E-state index in [0.29, 0.717) is 17.9 Å². The van der Waals surface area contributed by atoms with Gasteiger partial charge < -0.3 is 18.8 Å². The second kappa shape index (κ2) is 8.83. The Kier molecular flexibility index (Phi) is 5.99. The molecule has 4 rings (SSSR count). The highest BCUT2D eigenvalue weighted by Gasteiger charge is 2.28. The van der Waals surface area contributed by atoms with Crippen LogP contribution >= 0.6 is 11.8 Å². The molecule has 0 bridgehead atoms. The minimum Gasteiger partial charge on any atom is -0.497 e. The summed E-state index contributed by atoms with van der Waals surface area (Å²) in [6.07, 6.45) is 0. The summed E-state index contributed by atoms with van der Waals surface area (Å²) >= 11 is 1.84. The highest BCUT2D eigenvalue weighted by atomic mass is 32.2. The average Bonchev–Trinajstić information content (AvgIpc) is 2.77. The van der Waals surface area contributed by atoms with Gasteiger partial charge in [0.1, 0.15) is 17.1 Å². The van der Waals surface area contributed by atoms with E-state index >= 15 is 0 Å². The van der Waals surface area contributed by atoms with Gasteiger partial charge in [0.15, 0.2) is 6.61 Å². The Morgan fingerprint density at radius 2 is 1.93 bits per heavy atom. The molecule has 3 aromatic rings. The molecule has 30 heavy (non-hydrogen) atoms. The molecule has 2 aromatic carbocycles. The number of fused-ring (bicyclic) bond motifs is 1. The number of hydrogen-bond donors (Lipinski definition) is 0. The predicted octanol–water partition coefficient (Wildman–Crippen LogP) is 3.81. The van der Waals surface area contributed by atoms with E-state index in [1.165, 1.54) is 6.07 Å². The van der Waals surface area contributed by atoms with Crippen LogP contribution in [-0.4, -0.2) is 42.6 Å². The molecule has 1 atom stereocenters. The van der Waals surface area contributed by atoms with Gasteiger partial charge >= 0.3 is 5.63 Å². The Bertz CT molecular complexity index is 1110. The molecule has 1 aliphatic rings. The van der Waals surface area contributed by atoms with Gasteiger partial charge in [-0.2, -0.15) is 11.8 Å². The average molecular weight is 426 g/mol. The second-order valence-corrected chi connectivity index (χ2v) is 8.30. The third-order valence-electron chi connectivity index (χ3n) is 5.23. The number of ether oxygens (including phenoxy) is 2. The van der Waals surface area contributed by atoms with Gasteiger partial charge in [-0.3, -0.25) is 4.79 Å². The molecular formula is C23H23NO5S. The molecule has 1 aromatic heterocycles. The van der Waals surface area contributed by atoms with Crippen molar-refractivity contribution in [3.05, 3.63) is 70.1 Å². The number of nitrogens with zero attached hydrogens (tertiary/aromatic N) is 1. The van der Waals surface area contributed by atoms with Gasteiger partial charge in [0, 0.05) is 35.6 Å². The Balaban J connectivity index is 1.47. The van der Waals surface area contributed by atoms with Crippen LogP contribution in [0.3, 0.4) is 0 Å². The maximum absolute atomic E-state index is 12.9. The van der Waals surface area contributed by atoms with E-state index in [1.807, 2.05) is 53.9 Å². The third-order valence-corrected chi connectivity index (χ3v) is 6.26. The van der Waals surface area contributed by atoms with Crippen molar-refractivity contribution in [2.24, 2.45) is 0 Å². The van der Waals surface area contributed by atoms with Crippen molar-refractivity contribution < 1.29 is 18.7 Å². The minimum atomic E-state index is -0.402. The van der Waals surface area contributed by atoms with Gasteiger partial charge in [-0.1, -0.05) is 12.1 Å². The number of thioether (sulfide) groups is 1. The molecule has 1 unspecified atom stereocenters. The molecule has 2 heterocycles. The first-order valence-electron chi connectivity index (χ1n) is 9.73. The van der Waals surface area contributed by atoms with Crippen LogP contribution in [0.5, 0.6) is 11.5 Å². The summed E-state index contributed by atoms with van der Waals surface area (Å²) in [4.78, 5) is 26.4. The SMILES string of the molecule is COc1ccc(C2CSCCN2C(=O)COc2ccc3c(C)cc(=O)oc3c2)cc1. The largest absolute Gasteiger partial charge is 0.497 e. The van der Waals surface area contributed by atoms with Crippen LogP contribution in [0, 0.1) is 6.92 Å². The topological polar surface area (TPSA) is 69.0 Å². The number of hydrogen-bond acceptors (Lipinski definition) is 6. The zero-order chi connectivity index (χ0) is 21.1. The summed E-state index contributed by atoms with van der Waals surface area (Å²) in [7, 11) is 1.64. The smallest absolute Gasteiger partial charge is 0.336 e. The first-order valence-corrected chi connectivity index (χ1v) is 10.9. The summed E-state index contributed by atoms with van der Waals surface area (Å²) in [5, 5.41) is 0.848. The van der Waals surface area contributed by atoms with Crippen molar-refractivity contribution in [1.82, 2.24) is 4.90 Å². The van der Waals surface area contributed by atoms with Crippen LogP contribution in [0.4, 0.5) is 0 Å². The Labute approximate surface area is 178 Å². The monoisotopic (exact) mass is 425 g/mol. The van der Waals surface area contributed by atoms with Crippen LogP contribution < -0.4 is 15.1 Å². The summed E-state index contributed by atoms with van der Waals surface area (Å²) in [5.74, 6) is 2.97. The van der Waals surface area contributed by atoms with Crippen molar-refractivity contribution in [3.63, 3.8) is 0 Å². The highest BCUT2D eigenvalue weighted by Crippen LogP contribution is 2.31. The zero-order valence-electron chi connectivity index (χ0n) is 16.9. The number of methoxy groups -OCH3 is 1. The van der Waals surface area contributed by atoms with Crippen LogP contribution in [0.2, 0.25) is 0 Å². The summed E-state index contributed by atoms with van der Waals surface area (Å²) in [6.45, 7) is 2.46. The van der Waals surface area contributed by atoms with Gasteiger partial charge in [0.05, 0.1) is 13.2 Å². The lowest BCUT2D eigenvalue weighted by Crippen LogP contribution is -2.43. The molecule has 1 saturated heterocycles. The number of amides is 1. The van der Waals surface area contributed by atoms with Crippen LogP contribution in [-0.2, 0) is 4.79 Å². The lowest BCUT2D eigenvalue weighted by atomic mass is 10.1. The molecule has 0 saturated carbocycles. The van der Waals surface area contributed by atoms with Crippen molar-refractivity contribution in [1.29, 1.82) is 0 Å². The quantitative estimate of drug-likeness (QED) is 0.579. The van der Waals surface area contributed by atoms with Gasteiger partial charge in [-0.05, 0) is 42.3 Å². The molecular weight excluding hydrogens is 402 g/mol. The maximum Gasteiger partial charge on any atom is 0.336 e. The third kappa shape index (κ3) is 4.31. The first kappa shape index (κ1) is 20.3. The van der Waals surface area contributed by atoms with Gasteiger partial charge in [0.2, 0.25) is 0 Å². The lowest BCUT2D eigenvalue weighted by Gasteiger charge is -2.35. The lowest BCUT2D eigenvalue weighted by molar-refractivity contribution is -0.135. The molecule has 0 aliphatic carbocycles. The standard InChI is InChI=1S/C23H23NO5S/c1-15-11-23(26)29-21-12-18(7-8-19(15)21)28-13-22(25)24-9-10-30-14-20(24)16-3-5-17(27-2)6-4-16/h3-8,11-12,20H,9-10,13-14H2,1-2H3. The van der Waals surface area contributed by atoms with Crippen LogP contribution in [0.15, 0.2) is 57.7 Å². The van der Waals surface area contributed by atoms with Gasteiger partial charge in [-0.15, -0.1) is 0 Å². The normalized spacial score (nSPS) is 16.5. The van der Waals surface area contributed by atoms with Crippen LogP contribution in [0.1, 0.15) is 17.2 Å². The summed E-state index contributed by atoms with van der Waals surface area (Å²) < 4.78 is 16.2. The van der Waals surface area contributed by atoms with E-state index < -0.39 is 5.63 Å². The maximum atomic E-state index is 12.9. The fraction of sp³-hybridized carbons (Fsp3) is 0.304. The highest BCUT2D eigenvalue weighted by molar-refractivity contribution is 7.99. The number of carbonyl (C=O) groups is 1. The number of carbonyl (C=O) groups excluding carboxylic acids is 1. The van der Waals surface area contributed by atoms with Crippen molar-refractivity contribution in [2.75, 3.05) is 31.8 Å².